The van der Waals surface area contributed by atoms with Crippen molar-refractivity contribution in [2.75, 3.05) is 18.2 Å². The number of methoxy groups -OCH3 is 1. The fourth-order valence-electron chi connectivity index (χ4n) is 3.35. The molecule has 0 radical (unpaired) electrons. The van der Waals surface area contributed by atoms with Crippen LogP contribution in [0.3, 0.4) is 0 Å². The summed E-state index contributed by atoms with van der Waals surface area (Å²) in [6.07, 6.45) is 0. The van der Waals surface area contributed by atoms with Crippen molar-refractivity contribution in [1.29, 1.82) is 0 Å². The van der Waals surface area contributed by atoms with Gasteiger partial charge in [0.05, 0.1) is 36.0 Å². The predicted octanol–water partition coefficient (Wildman–Crippen LogP) is 3.23. The van der Waals surface area contributed by atoms with Crippen LogP contribution in [0.25, 0.3) is 10.9 Å². The molecule has 164 valence electrons. The SMILES string of the molecule is COc1ccc(Cn2c(SCC(=O)Nc3cc(C)nn3C)nc3ccccc3c2=O)cc1. The lowest BCUT2D eigenvalue weighted by atomic mass is 10.2. The van der Waals surface area contributed by atoms with Crippen LogP contribution in [-0.4, -0.2) is 38.1 Å². The summed E-state index contributed by atoms with van der Waals surface area (Å²) in [5.74, 6) is 1.28. The molecule has 2 aromatic heterocycles. The molecule has 0 bridgehead atoms. The van der Waals surface area contributed by atoms with Crippen LogP contribution in [-0.2, 0) is 18.4 Å². The number of thioether (sulfide) groups is 1. The third kappa shape index (κ3) is 4.67. The van der Waals surface area contributed by atoms with Gasteiger partial charge < -0.3 is 10.1 Å². The first-order valence-corrected chi connectivity index (χ1v) is 11.0. The molecule has 0 aliphatic heterocycles. The molecule has 2 aromatic carbocycles. The standard InChI is InChI=1S/C23H23N5O3S/c1-15-12-20(27(2)26-15)25-21(29)14-32-23-24-19-7-5-4-6-18(19)22(30)28(23)13-16-8-10-17(31-3)11-9-16/h4-12H,13-14H2,1-3H3,(H,25,29). The van der Waals surface area contributed by atoms with Crippen molar-refractivity contribution >= 4 is 34.4 Å². The fraction of sp³-hybridized carbons (Fsp3) is 0.217. The molecule has 0 spiro atoms. The van der Waals surface area contributed by atoms with E-state index in [1.54, 1.807) is 41.6 Å². The number of aryl methyl sites for hydroxylation is 2. The van der Waals surface area contributed by atoms with Gasteiger partial charge >= 0.3 is 0 Å². The Bertz CT molecular complexity index is 1330. The van der Waals surface area contributed by atoms with E-state index < -0.39 is 0 Å². The third-order valence-electron chi connectivity index (χ3n) is 4.93. The van der Waals surface area contributed by atoms with Crippen molar-refractivity contribution in [2.24, 2.45) is 7.05 Å². The summed E-state index contributed by atoms with van der Waals surface area (Å²) in [4.78, 5) is 30.4. The molecule has 4 rings (SSSR count). The number of aromatic nitrogens is 4. The van der Waals surface area contributed by atoms with Gasteiger partial charge in [-0.05, 0) is 36.8 Å². The molecule has 1 N–H and O–H groups in total. The van der Waals surface area contributed by atoms with Crippen LogP contribution >= 0.6 is 11.8 Å². The van der Waals surface area contributed by atoms with Crippen LogP contribution in [0, 0.1) is 6.92 Å². The molecule has 1 amide bonds. The minimum absolute atomic E-state index is 0.109. The van der Waals surface area contributed by atoms with E-state index in [0.717, 1.165) is 17.0 Å². The highest BCUT2D eigenvalue weighted by molar-refractivity contribution is 7.99. The molecule has 32 heavy (non-hydrogen) atoms. The number of para-hydroxylation sites is 1. The van der Waals surface area contributed by atoms with Gasteiger partial charge in [0.15, 0.2) is 5.16 Å². The van der Waals surface area contributed by atoms with Crippen molar-refractivity contribution in [3.63, 3.8) is 0 Å². The number of anilines is 1. The summed E-state index contributed by atoms with van der Waals surface area (Å²) in [5, 5.41) is 8.11. The quantitative estimate of drug-likeness (QED) is 0.344. The summed E-state index contributed by atoms with van der Waals surface area (Å²) in [6, 6.07) is 16.6. The van der Waals surface area contributed by atoms with Crippen molar-refractivity contribution in [2.45, 2.75) is 18.6 Å². The number of rotatable bonds is 7. The molecule has 0 saturated heterocycles. The lowest BCUT2D eigenvalue weighted by Gasteiger charge is -2.13. The zero-order chi connectivity index (χ0) is 22.7. The van der Waals surface area contributed by atoms with Crippen molar-refractivity contribution in [3.05, 3.63) is 76.2 Å². The minimum atomic E-state index is -0.198. The Hall–Kier alpha value is -3.59. The Morgan fingerprint density at radius 3 is 2.59 bits per heavy atom. The number of nitrogens with one attached hydrogen (secondary N) is 1. The fourth-order valence-corrected chi connectivity index (χ4v) is 4.15. The molecule has 8 nitrogen and oxygen atoms in total. The number of hydrogen-bond acceptors (Lipinski definition) is 6. The lowest BCUT2D eigenvalue weighted by Crippen LogP contribution is -2.25. The topological polar surface area (TPSA) is 91.0 Å². The number of fused-ring (bicyclic) bond motifs is 1. The molecular formula is C23H23N5O3S. The van der Waals surface area contributed by atoms with Crippen molar-refractivity contribution < 1.29 is 9.53 Å². The second kappa shape index (κ2) is 9.27. The molecule has 2 heterocycles. The van der Waals surface area contributed by atoms with Gasteiger partial charge in [0.2, 0.25) is 5.91 Å². The largest absolute Gasteiger partial charge is 0.497 e. The minimum Gasteiger partial charge on any atom is -0.497 e. The van der Waals surface area contributed by atoms with Gasteiger partial charge in [0, 0.05) is 13.1 Å². The summed E-state index contributed by atoms with van der Waals surface area (Å²) >= 11 is 1.23. The highest BCUT2D eigenvalue weighted by atomic mass is 32.2. The van der Waals surface area contributed by atoms with E-state index >= 15 is 0 Å². The Balaban J connectivity index is 1.61. The summed E-state index contributed by atoms with van der Waals surface area (Å²) < 4.78 is 8.44. The normalized spacial score (nSPS) is 11.0. The number of carbonyl (C=O) groups excluding carboxylic acids is 1. The average Bonchev–Trinajstić information content (AvgIpc) is 3.11. The highest BCUT2D eigenvalue weighted by Gasteiger charge is 2.15. The van der Waals surface area contributed by atoms with Gasteiger partial charge in [-0.2, -0.15) is 5.10 Å². The maximum atomic E-state index is 13.2. The molecule has 0 saturated carbocycles. The smallest absolute Gasteiger partial charge is 0.262 e. The predicted molar refractivity (Wildman–Crippen MR) is 125 cm³/mol. The second-order valence-electron chi connectivity index (χ2n) is 7.28. The molecule has 9 heteroatoms. The van der Waals surface area contributed by atoms with Crippen molar-refractivity contribution in [1.82, 2.24) is 19.3 Å². The Kier molecular flexibility index (Phi) is 6.27. The maximum absolute atomic E-state index is 13.2. The average molecular weight is 450 g/mol. The van der Waals surface area contributed by atoms with Crippen LogP contribution < -0.4 is 15.6 Å². The number of benzene rings is 2. The molecule has 0 aliphatic carbocycles. The van der Waals surface area contributed by atoms with Crippen LogP contribution in [0.1, 0.15) is 11.3 Å². The Morgan fingerprint density at radius 2 is 1.91 bits per heavy atom. The van der Waals surface area contributed by atoms with Crippen LogP contribution in [0.15, 0.2) is 64.5 Å². The van der Waals surface area contributed by atoms with Crippen LogP contribution in [0.4, 0.5) is 5.82 Å². The molecule has 4 aromatic rings. The first-order valence-electron chi connectivity index (χ1n) is 10.0. The summed E-state index contributed by atoms with van der Waals surface area (Å²) in [7, 11) is 3.38. The van der Waals surface area contributed by atoms with Gasteiger partial charge in [-0.3, -0.25) is 18.8 Å². The van der Waals surface area contributed by atoms with E-state index in [4.69, 9.17) is 4.74 Å². The second-order valence-corrected chi connectivity index (χ2v) is 8.22. The maximum Gasteiger partial charge on any atom is 0.262 e. The number of nitrogens with zero attached hydrogens (tertiary/aromatic N) is 4. The molecule has 0 aliphatic rings. The van der Waals surface area contributed by atoms with Gasteiger partial charge in [0.1, 0.15) is 11.6 Å². The summed E-state index contributed by atoms with van der Waals surface area (Å²) in [5.41, 5.74) is 2.21. The number of amides is 1. The van der Waals surface area contributed by atoms with Crippen LogP contribution in [0.2, 0.25) is 0 Å². The number of hydrogen-bond donors (Lipinski definition) is 1. The zero-order valence-electron chi connectivity index (χ0n) is 18.0. The van der Waals surface area contributed by atoms with E-state index in [1.807, 2.05) is 43.3 Å². The van der Waals surface area contributed by atoms with Crippen molar-refractivity contribution in [3.8, 4) is 5.75 Å². The zero-order valence-corrected chi connectivity index (χ0v) is 18.8. The summed E-state index contributed by atoms with van der Waals surface area (Å²) in [6.45, 7) is 2.20. The van der Waals surface area contributed by atoms with Gasteiger partial charge in [-0.15, -0.1) is 0 Å². The van der Waals surface area contributed by atoms with E-state index in [2.05, 4.69) is 15.4 Å². The number of ether oxygens (including phenoxy) is 1. The third-order valence-corrected chi connectivity index (χ3v) is 5.90. The van der Waals surface area contributed by atoms with Gasteiger partial charge in [-0.1, -0.05) is 36.0 Å². The molecule has 0 atom stereocenters. The van der Waals surface area contributed by atoms with E-state index in [1.165, 1.54) is 11.8 Å². The van der Waals surface area contributed by atoms with Gasteiger partial charge in [-0.25, -0.2) is 4.98 Å². The van der Waals surface area contributed by atoms with E-state index in [0.29, 0.717) is 28.4 Å². The first-order chi connectivity index (χ1) is 15.4. The number of carbonyl (C=O) groups is 1. The monoisotopic (exact) mass is 449 g/mol. The molecular weight excluding hydrogens is 426 g/mol. The molecule has 0 fully saturated rings. The molecule has 0 unspecified atom stereocenters. The highest BCUT2D eigenvalue weighted by Crippen LogP contribution is 2.20. The Labute approximate surface area is 189 Å². The van der Waals surface area contributed by atoms with Gasteiger partial charge in [0.25, 0.3) is 5.56 Å². The lowest BCUT2D eigenvalue weighted by molar-refractivity contribution is -0.113. The van der Waals surface area contributed by atoms with Crippen LogP contribution in [0.5, 0.6) is 5.75 Å². The first kappa shape index (κ1) is 21.6. The Morgan fingerprint density at radius 1 is 1.16 bits per heavy atom. The van der Waals surface area contributed by atoms with E-state index in [-0.39, 0.29) is 17.2 Å². The van der Waals surface area contributed by atoms with E-state index in [9.17, 15) is 9.59 Å².